The number of carbonyl (C=O) groups excluding carboxylic acids is 2. The molecule has 2 N–H and O–H groups in total. The number of anilines is 2. The maximum Gasteiger partial charge on any atom is 0.234 e. The lowest BCUT2D eigenvalue weighted by molar-refractivity contribution is -0.117. The molecule has 0 unspecified atom stereocenters. The Morgan fingerprint density at radius 2 is 1.85 bits per heavy atom. The van der Waals surface area contributed by atoms with Crippen molar-refractivity contribution in [3.63, 3.8) is 0 Å². The van der Waals surface area contributed by atoms with Crippen LogP contribution in [0.5, 0.6) is 0 Å². The second kappa shape index (κ2) is 7.47. The van der Waals surface area contributed by atoms with Gasteiger partial charge in [0.05, 0.1) is 16.0 Å². The molecule has 5 nitrogen and oxygen atoms in total. The number of carbonyl (C=O) groups is 2. The van der Waals surface area contributed by atoms with Crippen LogP contribution in [-0.4, -0.2) is 22.6 Å². The highest BCUT2D eigenvalue weighted by Crippen LogP contribution is 2.31. The standard InChI is InChI=1S/C19H17N3O2S2/c23-17(11-25-19-22-15-6-1-2-7-16(15)26-19)20-13-4-3-5-14(10-13)21-18(24)12-8-9-12/h1-7,10,12H,8-9,11H2,(H,20,23)(H,21,24). The Balaban J connectivity index is 1.33. The molecule has 1 aromatic heterocycles. The van der Waals surface area contributed by atoms with Crippen LogP contribution in [-0.2, 0) is 9.59 Å². The van der Waals surface area contributed by atoms with Crippen LogP contribution in [0, 0.1) is 5.92 Å². The number of nitrogens with zero attached hydrogens (tertiary/aromatic N) is 1. The fraction of sp³-hybridized carbons (Fsp3) is 0.211. The minimum atomic E-state index is -0.0973. The number of thioether (sulfide) groups is 1. The largest absolute Gasteiger partial charge is 0.326 e. The van der Waals surface area contributed by atoms with Gasteiger partial charge in [0.25, 0.3) is 0 Å². The smallest absolute Gasteiger partial charge is 0.234 e. The van der Waals surface area contributed by atoms with Gasteiger partial charge in [-0.05, 0) is 43.2 Å². The molecule has 3 aromatic rings. The van der Waals surface area contributed by atoms with Crippen LogP contribution >= 0.6 is 23.1 Å². The van der Waals surface area contributed by atoms with Gasteiger partial charge in [-0.25, -0.2) is 4.98 Å². The molecule has 7 heteroatoms. The summed E-state index contributed by atoms with van der Waals surface area (Å²) in [6.07, 6.45) is 1.93. The van der Waals surface area contributed by atoms with Gasteiger partial charge in [-0.1, -0.05) is 30.0 Å². The summed E-state index contributed by atoms with van der Waals surface area (Å²) < 4.78 is 2.00. The molecule has 1 saturated carbocycles. The van der Waals surface area contributed by atoms with E-state index in [0.29, 0.717) is 17.1 Å². The van der Waals surface area contributed by atoms with Crippen LogP contribution in [0.4, 0.5) is 11.4 Å². The maximum atomic E-state index is 12.2. The van der Waals surface area contributed by atoms with E-state index in [0.717, 1.165) is 27.4 Å². The average molecular weight is 383 g/mol. The highest BCUT2D eigenvalue weighted by molar-refractivity contribution is 8.01. The molecule has 1 fully saturated rings. The fourth-order valence-corrected chi connectivity index (χ4v) is 4.37. The Kier molecular flexibility index (Phi) is 4.90. The van der Waals surface area contributed by atoms with Gasteiger partial charge in [0.15, 0.2) is 4.34 Å². The SMILES string of the molecule is O=C(CSc1nc2ccccc2s1)Nc1cccc(NC(=O)C2CC2)c1. The van der Waals surface area contributed by atoms with Crippen molar-refractivity contribution in [2.24, 2.45) is 5.92 Å². The maximum absolute atomic E-state index is 12.2. The van der Waals surface area contributed by atoms with Gasteiger partial charge < -0.3 is 10.6 Å². The molecular weight excluding hydrogens is 366 g/mol. The summed E-state index contributed by atoms with van der Waals surface area (Å²) in [5.74, 6) is 0.400. The molecule has 1 aliphatic carbocycles. The first-order valence-electron chi connectivity index (χ1n) is 8.36. The molecule has 0 bridgehead atoms. The fourth-order valence-electron chi connectivity index (χ4n) is 2.50. The number of hydrogen-bond acceptors (Lipinski definition) is 5. The minimum absolute atomic E-state index is 0.0554. The van der Waals surface area contributed by atoms with E-state index in [-0.39, 0.29) is 17.7 Å². The van der Waals surface area contributed by atoms with E-state index < -0.39 is 0 Å². The van der Waals surface area contributed by atoms with Gasteiger partial charge in [0, 0.05) is 17.3 Å². The van der Waals surface area contributed by atoms with Crippen molar-refractivity contribution in [1.82, 2.24) is 4.98 Å². The van der Waals surface area contributed by atoms with Gasteiger partial charge in [-0.15, -0.1) is 11.3 Å². The number of aromatic nitrogens is 1. The Morgan fingerprint density at radius 3 is 2.62 bits per heavy atom. The topological polar surface area (TPSA) is 71.1 Å². The van der Waals surface area contributed by atoms with Gasteiger partial charge in [-0.3, -0.25) is 9.59 Å². The van der Waals surface area contributed by atoms with E-state index in [9.17, 15) is 9.59 Å². The third-order valence-electron chi connectivity index (χ3n) is 3.96. The van der Waals surface area contributed by atoms with Gasteiger partial charge in [0.1, 0.15) is 0 Å². The lowest BCUT2D eigenvalue weighted by atomic mass is 10.2. The van der Waals surface area contributed by atoms with E-state index >= 15 is 0 Å². The Hall–Kier alpha value is -2.38. The van der Waals surface area contributed by atoms with Gasteiger partial charge in [0.2, 0.25) is 11.8 Å². The summed E-state index contributed by atoms with van der Waals surface area (Å²) in [5, 5.41) is 5.76. The number of thiazole rings is 1. The minimum Gasteiger partial charge on any atom is -0.326 e. The van der Waals surface area contributed by atoms with Crippen LogP contribution in [0.2, 0.25) is 0 Å². The molecule has 0 radical (unpaired) electrons. The first-order chi connectivity index (χ1) is 12.7. The summed E-state index contributed by atoms with van der Waals surface area (Å²) >= 11 is 3.01. The van der Waals surface area contributed by atoms with Crippen LogP contribution in [0.1, 0.15) is 12.8 Å². The van der Waals surface area contributed by atoms with Crippen molar-refractivity contribution in [3.8, 4) is 0 Å². The molecule has 26 heavy (non-hydrogen) atoms. The van der Waals surface area contributed by atoms with Crippen molar-refractivity contribution in [2.75, 3.05) is 16.4 Å². The Labute approximate surface area is 159 Å². The predicted octanol–water partition coefficient (Wildman–Crippen LogP) is 4.38. The first-order valence-corrected chi connectivity index (χ1v) is 10.2. The normalized spacial score (nSPS) is 13.5. The highest BCUT2D eigenvalue weighted by Gasteiger charge is 2.29. The molecule has 2 aromatic carbocycles. The molecule has 2 amide bonds. The quantitative estimate of drug-likeness (QED) is 0.620. The molecule has 4 rings (SSSR count). The number of para-hydroxylation sites is 1. The zero-order chi connectivity index (χ0) is 17.9. The number of rotatable bonds is 6. The van der Waals surface area contributed by atoms with E-state index in [4.69, 9.17) is 0 Å². The molecule has 1 heterocycles. The van der Waals surface area contributed by atoms with Crippen LogP contribution < -0.4 is 10.6 Å². The Bertz CT molecular complexity index is 933. The first kappa shape index (κ1) is 17.1. The number of hydrogen-bond donors (Lipinski definition) is 2. The van der Waals surface area contributed by atoms with Crippen LogP contribution in [0.3, 0.4) is 0 Å². The van der Waals surface area contributed by atoms with E-state index in [1.54, 1.807) is 17.4 Å². The molecule has 0 saturated heterocycles. The van der Waals surface area contributed by atoms with Crippen molar-refractivity contribution in [1.29, 1.82) is 0 Å². The average Bonchev–Trinajstić information content (AvgIpc) is 3.40. The zero-order valence-corrected chi connectivity index (χ0v) is 15.5. The summed E-state index contributed by atoms with van der Waals surface area (Å²) in [6, 6.07) is 15.2. The third kappa shape index (κ3) is 4.23. The second-order valence-corrected chi connectivity index (χ2v) is 8.38. The lowest BCUT2D eigenvalue weighted by Crippen LogP contribution is -2.15. The van der Waals surface area contributed by atoms with Crippen molar-refractivity contribution in [2.45, 2.75) is 17.2 Å². The Morgan fingerprint density at radius 1 is 1.08 bits per heavy atom. The highest BCUT2D eigenvalue weighted by atomic mass is 32.2. The monoisotopic (exact) mass is 383 g/mol. The third-order valence-corrected chi connectivity index (χ3v) is 6.14. The van der Waals surface area contributed by atoms with E-state index in [2.05, 4.69) is 15.6 Å². The summed E-state index contributed by atoms with van der Waals surface area (Å²) in [5.41, 5.74) is 2.34. The summed E-state index contributed by atoms with van der Waals surface area (Å²) in [7, 11) is 0. The number of nitrogens with one attached hydrogen (secondary N) is 2. The summed E-state index contributed by atoms with van der Waals surface area (Å²) in [6.45, 7) is 0. The molecular formula is C19H17N3O2S2. The molecule has 1 aliphatic rings. The van der Waals surface area contributed by atoms with Gasteiger partial charge in [-0.2, -0.15) is 0 Å². The van der Waals surface area contributed by atoms with Crippen molar-refractivity contribution >= 4 is 56.5 Å². The lowest BCUT2D eigenvalue weighted by Gasteiger charge is -2.08. The molecule has 0 atom stereocenters. The molecule has 0 aliphatic heterocycles. The zero-order valence-electron chi connectivity index (χ0n) is 13.9. The van der Waals surface area contributed by atoms with Crippen molar-refractivity contribution < 1.29 is 9.59 Å². The number of fused-ring (bicyclic) bond motifs is 1. The van der Waals surface area contributed by atoms with Crippen LogP contribution in [0.15, 0.2) is 52.9 Å². The second-order valence-electron chi connectivity index (χ2n) is 6.13. The van der Waals surface area contributed by atoms with E-state index in [1.807, 2.05) is 42.5 Å². The predicted molar refractivity (Wildman–Crippen MR) is 107 cm³/mol. The van der Waals surface area contributed by atoms with Gasteiger partial charge >= 0.3 is 0 Å². The van der Waals surface area contributed by atoms with E-state index in [1.165, 1.54) is 11.8 Å². The number of benzene rings is 2. The summed E-state index contributed by atoms with van der Waals surface area (Å²) in [4.78, 5) is 28.6. The van der Waals surface area contributed by atoms with Crippen molar-refractivity contribution in [3.05, 3.63) is 48.5 Å². The molecule has 132 valence electrons. The number of amides is 2. The van der Waals surface area contributed by atoms with Crippen LogP contribution in [0.25, 0.3) is 10.2 Å². The molecule has 0 spiro atoms.